The average molecular weight is 148 g/mol. The molecule has 57 valence electrons. The Kier molecular flexibility index (Phi) is 3.19. The van der Waals surface area contributed by atoms with Crippen LogP contribution in [0, 0.1) is 0 Å². The van der Waals surface area contributed by atoms with Gasteiger partial charge in [0.15, 0.2) is 0 Å². The first-order valence-electron chi connectivity index (χ1n) is 3.43. The summed E-state index contributed by atoms with van der Waals surface area (Å²) in [7, 11) is 1.51. The van der Waals surface area contributed by atoms with Gasteiger partial charge in [0, 0.05) is 6.42 Å². The van der Waals surface area contributed by atoms with Gasteiger partial charge in [0.1, 0.15) is 13.3 Å². The van der Waals surface area contributed by atoms with Crippen molar-refractivity contribution in [3.05, 3.63) is 35.9 Å². The van der Waals surface area contributed by atoms with Crippen molar-refractivity contribution < 1.29 is 4.84 Å². The minimum atomic E-state index is 0.703. The monoisotopic (exact) mass is 148 g/mol. The first-order chi connectivity index (χ1) is 5.43. The highest BCUT2D eigenvalue weighted by Gasteiger charge is 1.86. The lowest BCUT2D eigenvalue weighted by Crippen LogP contribution is -1.84. The van der Waals surface area contributed by atoms with Crippen molar-refractivity contribution in [1.29, 1.82) is 0 Å². The molecule has 0 N–H and O–H groups in total. The number of hydrogen-bond acceptors (Lipinski definition) is 2. The van der Waals surface area contributed by atoms with Gasteiger partial charge in [-0.1, -0.05) is 35.5 Å². The Balaban J connectivity index is 2.45. The highest BCUT2D eigenvalue weighted by Crippen LogP contribution is 1.97. The average Bonchev–Trinajstić information content (AvgIpc) is 2.07. The fraction of sp³-hybridized carbons (Fsp3) is 0.222. The molecule has 0 bridgehead atoms. The van der Waals surface area contributed by atoms with Crippen LogP contribution in [0.4, 0.5) is 0 Å². The summed E-state index contributed by atoms with van der Waals surface area (Å²) in [5.41, 5.74) is 1.19. The van der Waals surface area contributed by atoms with E-state index in [1.54, 1.807) is 0 Å². The van der Waals surface area contributed by atoms with E-state index in [9.17, 15) is 0 Å². The van der Waals surface area contributed by atoms with E-state index in [-0.39, 0.29) is 0 Å². The molecule has 0 amide bonds. The predicted octanol–water partition coefficient (Wildman–Crippen LogP) is 1.74. The summed E-state index contributed by atoms with van der Waals surface area (Å²) in [5.74, 6) is 0. The van der Waals surface area contributed by atoms with Gasteiger partial charge in [-0.25, -0.2) is 0 Å². The summed E-state index contributed by atoms with van der Waals surface area (Å²) < 4.78 is 0. The SMILES string of the molecule is CO/N=[C]\Cc1ccccc1. The Morgan fingerprint density at radius 2 is 2.09 bits per heavy atom. The second-order valence-electron chi connectivity index (χ2n) is 2.09. The normalized spacial score (nSPS) is 10.3. The van der Waals surface area contributed by atoms with Crippen molar-refractivity contribution in [1.82, 2.24) is 0 Å². The summed E-state index contributed by atoms with van der Waals surface area (Å²) >= 11 is 0. The van der Waals surface area contributed by atoms with Gasteiger partial charge >= 0.3 is 0 Å². The summed E-state index contributed by atoms with van der Waals surface area (Å²) in [5, 5.41) is 3.52. The molecule has 0 fully saturated rings. The standard InChI is InChI=1S/C9H10NO/c1-11-10-8-7-9-5-3-2-4-6-9/h2-6H,7H2,1H3. The van der Waals surface area contributed by atoms with Gasteiger partial charge in [-0.05, 0) is 5.56 Å². The van der Waals surface area contributed by atoms with Crippen molar-refractivity contribution in [2.45, 2.75) is 6.42 Å². The molecule has 0 aliphatic rings. The van der Waals surface area contributed by atoms with Crippen LogP contribution in [-0.2, 0) is 11.3 Å². The third-order valence-corrected chi connectivity index (χ3v) is 1.28. The molecule has 0 saturated carbocycles. The lowest BCUT2D eigenvalue weighted by Gasteiger charge is -1.91. The fourth-order valence-corrected chi connectivity index (χ4v) is 0.784. The van der Waals surface area contributed by atoms with Crippen molar-refractivity contribution in [3.8, 4) is 0 Å². The van der Waals surface area contributed by atoms with Crippen LogP contribution < -0.4 is 0 Å². The molecule has 0 aliphatic heterocycles. The van der Waals surface area contributed by atoms with E-state index in [0.29, 0.717) is 6.42 Å². The Morgan fingerprint density at radius 1 is 1.36 bits per heavy atom. The topological polar surface area (TPSA) is 21.6 Å². The second kappa shape index (κ2) is 4.50. The molecule has 2 nitrogen and oxygen atoms in total. The Morgan fingerprint density at radius 3 is 2.73 bits per heavy atom. The van der Waals surface area contributed by atoms with E-state index in [1.165, 1.54) is 12.7 Å². The summed E-state index contributed by atoms with van der Waals surface area (Å²) in [4.78, 5) is 4.48. The molecule has 0 heterocycles. The van der Waals surface area contributed by atoms with Gasteiger partial charge in [-0.3, -0.25) is 0 Å². The molecule has 2 heteroatoms. The Hall–Kier alpha value is -1.31. The van der Waals surface area contributed by atoms with Crippen molar-refractivity contribution in [2.75, 3.05) is 7.11 Å². The minimum absolute atomic E-state index is 0.703. The largest absolute Gasteiger partial charge is 0.399 e. The molecule has 0 unspecified atom stereocenters. The van der Waals surface area contributed by atoms with E-state index >= 15 is 0 Å². The summed E-state index contributed by atoms with van der Waals surface area (Å²) in [6.07, 6.45) is 3.46. The van der Waals surface area contributed by atoms with Crippen LogP contribution in [-0.4, -0.2) is 13.3 Å². The van der Waals surface area contributed by atoms with E-state index < -0.39 is 0 Å². The molecule has 0 aromatic heterocycles. The first kappa shape index (κ1) is 7.79. The molecular formula is C9H10NO. The lowest BCUT2D eigenvalue weighted by atomic mass is 10.2. The summed E-state index contributed by atoms with van der Waals surface area (Å²) in [6.45, 7) is 0. The third kappa shape index (κ3) is 2.85. The zero-order chi connectivity index (χ0) is 7.94. The molecule has 11 heavy (non-hydrogen) atoms. The molecular weight excluding hydrogens is 138 g/mol. The van der Waals surface area contributed by atoms with Crippen LogP contribution in [0.5, 0.6) is 0 Å². The number of rotatable bonds is 3. The first-order valence-corrected chi connectivity index (χ1v) is 3.43. The molecule has 1 aromatic rings. The van der Waals surface area contributed by atoms with Crippen molar-refractivity contribution in [3.63, 3.8) is 0 Å². The Bertz CT molecular complexity index is 218. The highest BCUT2D eigenvalue weighted by molar-refractivity contribution is 5.60. The molecule has 0 aliphatic carbocycles. The van der Waals surface area contributed by atoms with Crippen LogP contribution in [0.2, 0.25) is 0 Å². The van der Waals surface area contributed by atoms with E-state index in [4.69, 9.17) is 0 Å². The molecule has 1 aromatic carbocycles. The van der Waals surface area contributed by atoms with Gasteiger partial charge in [-0.2, -0.15) is 0 Å². The fourth-order valence-electron chi connectivity index (χ4n) is 0.784. The van der Waals surface area contributed by atoms with Crippen LogP contribution in [0.25, 0.3) is 0 Å². The van der Waals surface area contributed by atoms with Crippen molar-refractivity contribution >= 4 is 6.21 Å². The number of nitrogens with zero attached hydrogens (tertiary/aromatic N) is 1. The predicted molar refractivity (Wildman–Crippen MR) is 44.6 cm³/mol. The lowest BCUT2D eigenvalue weighted by molar-refractivity contribution is 0.215. The van der Waals surface area contributed by atoms with E-state index in [0.717, 1.165) is 0 Å². The zero-order valence-corrected chi connectivity index (χ0v) is 6.45. The zero-order valence-electron chi connectivity index (χ0n) is 6.45. The van der Waals surface area contributed by atoms with Crippen molar-refractivity contribution in [2.24, 2.45) is 5.16 Å². The van der Waals surface area contributed by atoms with Crippen LogP contribution in [0.1, 0.15) is 5.56 Å². The van der Waals surface area contributed by atoms with E-state index in [1.807, 2.05) is 30.3 Å². The van der Waals surface area contributed by atoms with Gasteiger partial charge in [0.2, 0.25) is 0 Å². The molecule has 0 saturated heterocycles. The second-order valence-corrected chi connectivity index (χ2v) is 2.09. The van der Waals surface area contributed by atoms with Crippen LogP contribution in [0.3, 0.4) is 0 Å². The van der Waals surface area contributed by atoms with Crippen LogP contribution in [0.15, 0.2) is 35.5 Å². The maximum atomic E-state index is 4.48. The van der Waals surface area contributed by atoms with E-state index in [2.05, 4.69) is 16.2 Å². The molecule has 1 rings (SSSR count). The molecule has 0 atom stereocenters. The maximum absolute atomic E-state index is 4.48. The summed E-state index contributed by atoms with van der Waals surface area (Å²) in [6, 6.07) is 10.0. The maximum Gasteiger partial charge on any atom is 0.109 e. The van der Waals surface area contributed by atoms with Gasteiger partial charge < -0.3 is 4.84 Å². The van der Waals surface area contributed by atoms with Gasteiger partial charge in [0.05, 0.1) is 0 Å². The number of benzene rings is 1. The minimum Gasteiger partial charge on any atom is -0.399 e. The number of hydrogen-bond donors (Lipinski definition) is 0. The molecule has 0 spiro atoms. The molecule has 1 radical (unpaired) electrons. The third-order valence-electron chi connectivity index (χ3n) is 1.28. The van der Waals surface area contributed by atoms with Crippen LogP contribution >= 0.6 is 0 Å². The highest BCUT2D eigenvalue weighted by atomic mass is 16.6. The quantitative estimate of drug-likeness (QED) is 0.472. The smallest absolute Gasteiger partial charge is 0.109 e. The Labute approximate surface area is 66.5 Å². The van der Waals surface area contributed by atoms with Gasteiger partial charge in [0.25, 0.3) is 0 Å². The van der Waals surface area contributed by atoms with Gasteiger partial charge in [-0.15, -0.1) is 0 Å².